The minimum absolute atomic E-state index is 0.169. The quantitative estimate of drug-likeness (QED) is 0.339. The van der Waals surface area contributed by atoms with Gasteiger partial charge in [-0.05, 0) is 58.9 Å². The van der Waals surface area contributed by atoms with Crippen LogP contribution < -0.4 is 0 Å². The van der Waals surface area contributed by atoms with Crippen LogP contribution in [0.25, 0.3) is 11.1 Å². The lowest BCUT2D eigenvalue weighted by molar-refractivity contribution is -0.128. The van der Waals surface area contributed by atoms with Crippen LogP contribution >= 0.6 is 0 Å². The van der Waals surface area contributed by atoms with Crippen LogP contribution in [0, 0.1) is 0 Å². The fourth-order valence-corrected chi connectivity index (χ4v) is 4.43. The third kappa shape index (κ3) is 3.94. The first-order valence-corrected chi connectivity index (χ1v) is 10.9. The van der Waals surface area contributed by atoms with Gasteiger partial charge in [0.15, 0.2) is 12.4 Å². The molecule has 0 unspecified atom stereocenters. The number of carbonyl (C=O) groups is 3. The maximum Gasteiger partial charge on any atom is 0.338 e. The summed E-state index contributed by atoms with van der Waals surface area (Å²) in [5, 5.41) is 0. The number of amides is 1. The minimum atomic E-state index is -0.534. The van der Waals surface area contributed by atoms with Crippen LogP contribution in [0.3, 0.4) is 0 Å². The van der Waals surface area contributed by atoms with E-state index in [2.05, 4.69) is 12.1 Å². The smallest absolute Gasteiger partial charge is 0.338 e. The molecule has 3 aromatic carbocycles. The van der Waals surface area contributed by atoms with Crippen LogP contribution in [0.4, 0.5) is 0 Å². The van der Waals surface area contributed by atoms with E-state index in [9.17, 15) is 14.4 Å². The van der Waals surface area contributed by atoms with E-state index in [1.54, 1.807) is 18.2 Å². The van der Waals surface area contributed by atoms with Gasteiger partial charge in [-0.3, -0.25) is 9.59 Å². The molecule has 1 amide bonds. The average Bonchev–Trinajstić information content (AvgIpc) is 3.40. The van der Waals surface area contributed by atoms with Crippen LogP contribution in [0.2, 0.25) is 0 Å². The van der Waals surface area contributed by atoms with Crippen LogP contribution in [-0.2, 0) is 22.5 Å². The SMILES string of the molecule is O=C(COC(=O)c1ccc(CN2CCCC2=O)cc1)c1ccc2c(c1)-c1ccccc1C2. The molecule has 0 saturated carbocycles. The van der Waals surface area contributed by atoms with Crippen LogP contribution in [0.1, 0.15) is 50.2 Å². The molecule has 32 heavy (non-hydrogen) atoms. The molecule has 0 radical (unpaired) electrons. The highest BCUT2D eigenvalue weighted by atomic mass is 16.5. The minimum Gasteiger partial charge on any atom is -0.454 e. The number of carbonyl (C=O) groups excluding carboxylic acids is 3. The van der Waals surface area contributed by atoms with Gasteiger partial charge < -0.3 is 9.64 Å². The van der Waals surface area contributed by atoms with Gasteiger partial charge >= 0.3 is 5.97 Å². The van der Waals surface area contributed by atoms with Gasteiger partial charge in [0.25, 0.3) is 0 Å². The topological polar surface area (TPSA) is 63.7 Å². The van der Waals surface area contributed by atoms with E-state index in [4.69, 9.17) is 4.74 Å². The summed E-state index contributed by atoms with van der Waals surface area (Å²) in [6, 6.07) is 20.9. The van der Waals surface area contributed by atoms with Crippen molar-refractivity contribution in [3.63, 3.8) is 0 Å². The summed E-state index contributed by atoms with van der Waals surface area (Å²) in [4.78, 5) is 38.6. The van der Waals surface area contributed by atoms with E-state index in [-0.39, 0.29) is 18.3 Å². The molecule has 0 atom stereocenters. The Kier molecular flexibility index (Phi) is 5.31. The summed E-state index contributed by atoms with van der Waals surface area (Å²) in [5.41, 5.74) is 6.59. The number of ketones is 1. The number of hydrogen-bond acceptors (Lipinski definition) is 4. The van der Waals surface area contributed by atoms with Crippen molar-refractivity contribution in [2.75, 3.05) is 13.2 Å². The zero-order valence-electron chi connectivity index (χ0n) is 17.7. The van der Waals surface area contributed by atoms with Gasteiger partial charge in [0.05, 0.1) is 5.56 Å². The van der Waals surface area contributed by atoms with E-state index in [1.165, 1.54) is 11.1 Å². The van der Waals surface area contributed by atoms with Crippen molar-refractivity contribution in [2.45, 2.75) is 25.8 Å². The van der Waals surface area contributed by atoms with Crippen molar-refractivity contribution >= 4 is 17.7 Å². The average molecular weight is 425 g/mol. The van der Waals surface area contributed by atoms with Crippen molar-refractivity contribution in [1.82, 2.24) is 4.90 Å². The molecule has 2 aliphatic rings. The fraction of sp³-hybridized carbons (Fsp3) is 0.222. The molecule has 1 aliphatic heterocycles. The first-order chi connectivity index (χ1) is 15.6. The summed E-state index contributed by atoms with van der Waals surface area (Å²) < 4.78 is 5.27. The number of nitrogens with zero attached hydrogens (tertiary/aromatic N) is 1. The van der Waals surface area contributed by atoms with Crippen LogP contribution in [-0.4, -0.2) is 35.7 Å². The highest BCUT2D eigenvalue weighted by Gasteiger charge is 2.21. The van der Waals surface area contributed by atoms with Gasteiger partial charge in [0.1, 0.15) is 0 Å². The second-order valence-corrected chi connectivity index (χ2v) is 8.32. The maximum atomic E-state index is 12.7. The highest BCUT2D eigenvalue weighted by Crippen LogP contribution is 2.36. The second-order valence-electron chi connectivity index (χ2n) is 8.32. The number of Topliss-reactive ketones (excluding diaryl/α,β-unsaturated/α-hetero) is 1. The molecule has 160 valence electrons. The van der Waals surface area contributed by atoms with Crippen LogP contribution in [0.5, 0.6) is 0 Å². The third-order valence-electron chi connectivity index (χ3n) is 6.19. The van der Waals surface area contributed by atoms with Crippen LogP contribution in [0.15, 0.2) is 66.7 Å². The normalized spacial score (nSPS) is 14.2. The number of likely N-dealkylation sites (tertiary alicyclic amines) is 1. The van der Waals surface area contributed by atoms with Crippen molar-refractivity contribution in [1.29, 1.82) is 0 Å². The summed E-state index contributed by atoms with van der Waals surface area (Å²) in [7, 11) is 0. The lowest BCUT2D eigenvalue weighted by atomic mass is 10.0. The van der Waals surface area contributed by atoms with E-state index >= 15 is 0 Å². The molecule has 1 fully saturated rings. The van der Waals surface area contributed by atoms with E-state index in [0.29, 0.717) is 24.1 Å². The molecule has 0 spiro atoms. The third-order valence-corrected chi connectivity index (χ3v) is 6.19. The predicted molar refractivity (Wildman–Crippen MR) is 120 cm³/mol. The van der Waals surface area contributed by atoms with Gasteiger partial charge in [-0.1, -0.05) is 48.5 Å². The lowest BCUT2D eigenvalue weighted by Crippen LogP contribution is -2.23. The molecule has 5 heteroatoms. The molecule has 1 saturated heterocycles. The number of ether oxygens (including phenoxy) is 1. The number of esters is 1. The van der Waals surface area contributed by atoms with E-state index < -0.39 is 5.97 Å². The summed E-state index contributed by atoms with van der Waals surface area (Å²) in [6.45, 7) is 1.02. The zero-order chi connectivity index (χ0) is 22.1. The van der Waals surface area contributed by atoms with E-state index in [0.717, 1.165) is 36.1 Å². The Morgan fingerprint density at radius 2 is 1.62 bits per heavy atom. The van der Waals surface area contributed by atoms with Crippen molar-refractivity contribution in [3.05, 3.63) is 94.5 Å². The Morgan fingerprint density at radius 1 is 0.875 bits per heavy atom. The molecular weight excluding hydrogens is 402 g/mol. The molecule has 0 aromatic heterocycles. The zero-order valence-corrected chi connectivity index (χ0v) is 17.7. The first kappa shape index (κ1) is 20.2. The fourth-order valence-electron chi connectivity index (χ4n) is 4.43. The summed E-state index contributed by atoms with van der Waals surface area (Å²) in [6.07, 6.45) is 2.38. The monoisotopic (exact) mass is 425 g/mol. The van der Waals surface area contributed by atoms with E-state index in [1.807, 2.05) is 41.3 Å². The molecule has 5 nitrogen and oxygen atoms in total. The Balaban J connectivity index is 1.20. The number of benzene rings is 3. The molecule has 0 bridgehead atoms. The van der Waals surface area contributed by atoms with Crippen molar-refractivity contribution in [2.24, 2.45) is 0 Å². The number of rotatable bonds is 6. The Labute approximate surface area is 186 Å². The summed E-state index contributed by atoms with van der Waals surface area (Å²) in [5.74, 6) is -0.592. The molecule has 1 heterocycles. The molecule has 0 N–H and O–H groups in total. The number of hydrogen-bond donors (Lipinski definition) is 0. The Hall–Kier alpha value is -3.73. The molecule has 5 rings (SSSR count). The largest absolute Gasteiger partial charge is 0.454 e. The lowest BCUT2D eigenvalue weighted by Gasteiger charge is -2.15. The van der Waals surface area contributed by atoms with Gasteiger partial charge in [0.2, 0.25) is 5.91 Å². The number of fused-ring (bicyclic) bond motifs is 3. The van der Waals surface area contributed by atoms with Gasteiger partial charge in [-0.2, -0.15) is 0 Å². The maximum absolute atomic E-state index is 12.7. The van der Waals surface area contributed by atoms with Crippen molar-refractivity contribution in [3.8, 4) is 11.1 Å². The Bertz CT molecular complexity index is 1210. The summed E-state index contributed by atoms with van der Waals surface area (Å²) >= 11 is 0. The van der Waals surface area contributed by atoms with Gasteiger partial charge in [0, 0.05) is 25.1 Å². The highest BCUT2D eigenvalue weighted by molar-refractivity contribution is 6.00. The van der Waals surface area contributed by atoms with Gasteiger partial charge in [-0.15, -0.1) is 0 Å². The first-order valence-electron chi connectivity index (χ1n) is 10.9. The molecule has 3 aromatic rings. The standard InChI is InChI=1S/C27H23NO4/c29-25(22-12-11-21-14-20-4-1-2-5-23(20)24(21)15-22)17-32-27(31)19-9-7-18(8-10-19)16-28-13-3-6-26(28)30/h1-2,4-5,7-12,15H,3,6,13-14,16-17H2. The van der Waals surface area contributed by atoms with Gasteiger partial charge in [-0.25, -0.2) is 4.79 Å². The molecule has 1 aliphatic carbocycles. The predicted octanol–water partition coefficient (Wildman–Crippen LogP) is 4.42. The molecular formula is C27H23NO4. The van der Waals surface area contributed by atoms with Crippen molar-refractivity contribution < 1.29 is 19.1 Å². The second kappa shape index (κ2) is 8.42. The Morgan fingerprint density at radius 3 is 2.41 bits per heavy atom.